The van der Waals surface area contributed by atoms with Gasteiger partial charge in [-0.15, -0.1) is 0 Å². The molecule has 5 aliphatic rings. The van der Waals surface area contributed by atoms with E-state index in [0.717, 1.165) is 79.3 Å². The van der Waals surface area contributed by atoms with Gasteiger partial charge in [0, 0.05) is 41.2 Å². The van der Waals surface area contributed by atoms with Crippen molar-refractivity contribution in [3.05, 3.63) is 86.8 Å². The molecule has 1 amide bonds. The lowest BCUT2D eigenvalue weighted by molar-refractivity contribution is -0.123. The quantitative estimate of drug-likeness (QED) is 0.496. The molecule has 0 aromatic carbocycles. The van der Waals surface area contributed by atoms with Crippen LogP contribution in [0.4, 0.5) is 0 Å². The number of rotatable bonds is 5. The number of allylic oxidation sites excluding steroid dienone is 8. The molecule has 0 radical (unpaired) electrons. The van der Waals surface area contributed by atoms with E-state index in [2.05, 4.69) is 35.0 Å². The molecule has 1 aliphatic heterocycles. The summed E-state index contributed by atoms with van der Waals surface area (Å²) in [5.74, 6) is 0.403. The third kappa shape index (κ3) is 3.45. The van der Waals surface area contributed by atoms with Crippen molar-refractivity contribution in [1.29, 1.82) is 0 Å². The highest BCUT2D eigenvalue weighted by molar-refractivity contribution is 5.85. The van der Waals surface area contributed by atoms with Crippen LogP contribution in [0.15, 0.2) is 81.2 Å². The first kappa shape index (κ1) is 22.2. The third-order valence-corrected chi connectivity index (χ3v) is 8.66. The van der Waals surface area contributed by atoms with E-state index in [0.29, 0.717) is 12.3 Å². The van der Waals surface area contributed by atoms with Crippen LogP contribution in [0, 0.1) is 11.3 Å². The summed E-state index contributed by atoms with van der Waals surface area (Å²) in [4.78, 5) is 17.3. The maximum atomic E-state index is 13.2. The second-order valence-electron chi connectivity index (χ2n) is 10.6. The van der Waals surface area contributed by atoms with Gasteiger partial charge in [-0.3, -0.25) is 9.78 Å². The van der Waals surface area contributed by atoms with Crippen molar-refractivity contribution in [2.24, 2.45) is 11.3 Å². The van der Waals surface area contributed by atoms with E-state index in [1.165, 1.54) is 22.4 Å². The monoisotopic (exact) mass is 470 g/mol. The van der Waals surface area contributed by atoms with Crippen LogP contribution in [0.5, 0.6) is 0 Å². The van der Waals surface area contributed by atoms with E-state index in [1.54, 1.807) is 6.20 Å². The maximum absolute atomic E-state index is 13.2. The van der Waals surface area contributed by atoms with Crippen LogP contribution in [0.25, 0.3) is 0 Å². The summed E-state index contributed by atoms with van der Waals surface area (Å²) < 4.78 is 0. The van der Waals surface area contributed by atoms with Crippen LogP contribution in [-0.2, 0) is 11.2 Å². The van der Waals surface area contributed by atoms with Gasteiger partial charge in [-0.2, -0.15) is 0 Å². The zero-order valence-corrected chi connectivity index (χ0v) is 20.6. The molecule has 4 aliphatic carbocycles. The second-order valence-corrected chi connectivity index (χ2v) is 10.6. The molecule has 0 bridgehead atoms. The van der Waals surface area contributed by atoms with Crippen LogP contribution in [0.1, 0.15) is 64.4 Å². The molecule has 0 spiro atoms. The lowest BCUT2D eigenvalue weighted by Crippen LogP contribution is -2.46. The standard InChI is InChI=1S/C29H34N4O2/c1-3-18-7-4-11-29(2)25(18)23(34)15-22-21-14-19-8-9-20(24(19)26(21)32-33-27(22)29)28(35)31-13-10-17-6-5-12-30-16-17/h5-6,12,15-16,20,32-34H,3-4,7-11,13-14H2,1-2H3,(H,31,35). The molecular weight excluding hydrogens is 436 g/mol. The van der Waals surface area contributed by atoms with Gasteiger partial charge in [0.05, 0.1) is 11.6 Å². The number of carbonyl (C=O) groups is 1. The second kappa shape index (κ2) is 8.43. The number of carbonyl (C=O) groups excluding carboxylic acids is 1. The van der Waals surface area contributed by atoms with Gasteiger partial charge < -0.3 is 21.3 Å². The minimum Gasteiger partial charge on any atom is -0.508 e. The molecule has 1 aromatic heterocycles. The number of pyridine rings is 1. The van der Waals surface area contributed by atoms with Crippen molar-refractivity contribution in [2.45, 2.75) is 65.2 Å². The number of hydrogen-bond donors (Lipinski definition) is 4. The van der Waals surface area contributed by atoms with Gasteiger partial charge in [0.25, 0.3) is 0 Å². The molecule has 6 rings (SSSR count). The van der Waals surface area contributed by atoms with E-state index < -0.39 is 0 Å². The first-order valence-electron chi connectivity index (χ1n) is 13.0. The summed E-state index contributed by atoms with van der Waals surface area (Å²) in [5, 5.41) is 14.3. The van der Waals surface area contributed by atoms with Gasteiger partial charge in [-0.1, -0.05) is 24.1 Å². The lowest BCUT2D eigenvalue weighted by Gasteiger charge is -2.45. The molecule has 182 valence electrons. The summed E-state index contributed by atoms with van der Waals surface area (Å²) in [6.07, 6.45) is 13.2. The Morgan fingerprint density at radius 3 is 3.00 bits per heavy atom. The van der Waals surface area contributed by atoms with Gasteiger partial charge in [0.15, 0.2) is 0 Å². The van der Waals surface area contributed by atoms with E-state index >= 15 is 0 Å². The Labute approximate surface area is 207 Å². The summed E-state index contributed by atoms with van der Waals surface area (Å²) in [6.45, 7) is 5.07. The molecule has 4 N–H and O–H groups in total. The minimum absolute atomic E-state index is 0.105. The Hall–Kier alpha value is -3.28. The number of nitrogens with one attached hydrogen (secondary N) is 3. The van der Waals surface area contributed by atoms with Crippen molar-refractivity contribution >= 4 is 5.91 Å². The Kier molecular flexibility index (Phi) is 5.35. The van der Waals surface area contributed by atoms with Gasteiger partial charge in [-0.25, -0.2) is 0 Å². The molecule has 0 saturated heterocycles. The highest BCUT2D eigenvalue weighted by Crippen LogP contribution is 2.56. The van der Waals surface area contributed by atoms with E-state index in [-0.39, 0.29) is 17.2 Å². The zero-order valence-electron chi connectivity index (χ0n) is 20.6. The van der Waals surface area contributed by atoms with E-state index in [4.69, 9.17) is 0 Å². The Bertz CT molecular complexity index is 1250. The molecule has 6 nitrogen and oxygen atoms in total. The number of aliphatic hydroxyl groups excluding tert-OH is 1. The largest absolute Gasteiger partial charge is 0.508 e. The number of aliphatic hydroxyl groups is 1. The highest BCUT2D eigenvalue weighted by Gasteiger charge is 2.47. The van der Waals surface area contributed by atoms with Crippen LogP contribution in [0.3, 0.4) is 0 Å². The smallest absolute Gasteiger partial charge is 0.227 e. The van der Waals surface area contributed by atoms with Crippen LogP contribution < -0.4 is 16.2 Å². The maximum Gasteiger partial charge on any atom is 0.227 e. The summed E-state index contributed by atoms with van der Waals surface area (Å²) in [7, 11) is 0. The van der Waals surface area contributed by atoms with Crippen molar-refractivity contribution in [2.75, 3.05) is 6.54 Å². The zero-order chi connectivity index (χ0) is 24.2. The average Bonchev–Trinajstić information content (AvgIpc) is 3.44. The normalized spacial score (nSPS) is 27.0. The Morgan fingerprint density at radius 2 is 2.20 bits per heavy atom. The molecule has 0 fully saturated rings. The molecule has 6 heteroatoms. The molecule has 2 atom stereocenters. The van der Waals surface area contributed by atoms with Crippen molar-refractivity contribution in [3.63, 3.8) is 0 Å². The van der Waals surface area contributed by atoms with Crippen molar-refractivity contribution in [1.82, 2.24) is 21.2 Å². The molecule has 2 unspecified atom stereocenters. The fraction of sp³-hybridized carbons (Fsp3) is 0.448. The van der Waals surface area contributed by atoms with Crippen LogP contribution >= 0.6 is 0 Å². The summed E-state index contributed by atoms with van der Waals surface area (Å²) >= 11 is 0. The lowest BCUT2D eigenvalue weighted by atomic mass is 9.64. The van der Waals surface area contributed by atoms with Crippen LogP contribution in [0.2, 0.25) is 0 Å². The SMILES string of the molecule is CCC1=C2C(O)=CC3=C(NNC4=C3CC3=C4C(C(=O)NCCc4cccnc4)CC3)C2(C)CCC1. The van der Waals surface area contributed by atoms with Crippen molar-refractivity contribution < 1.29 is 9.90 Å². The first-order valence-corrected chi connectivity index (χ1v) is 13.0. The van der Waals surface area contributed by atoms with Crippen molar-refractivity contribution in [3.8, 4) is 0 Å². The molecule has 1 aromatic rings. The average molecular weight is 471 g/mol. The number of nitrogens with zero attached hydrogens (tertiary/aromatic N) is 1. The molecular formula is C29H34N4O2. The first-order chi connectivity index (χ1) is 17.0. The van der Waals surface area contributed by atoms with Crippen LogP contribution in [-0.4, -0.2) is 22.5 Å². The van der Waals surface area contributed by atoms with E-state index in [1.807, 2.05) is 24.4 Å². The fourth-order valence-corrected chi connectivity index (χ4v) is 6.99. The number of hydrazine groups is 1. The Morgan fingerprint density at radius 1 is 1.31 bits per heavy atom. The van der Waals surface area contributed by atoms with Gasteiger partial charge >= 0.3 is 0 Å². The molecule has 0 saturated carbocycles. The highest BCUT2D eigenvalue weighted by atomic mass is 16.3. The number of fused-ring (bicyclic) bond motifs is 4. The third-order valence-electron chi connectivity index (χ3n) is 8.66. The van der Waals surface area contributed by atoms with Gasteiger partial charge in [-0.05, 0) is 87.1 Å². The summed E-state index contributed by atoms with van der Waals surface area (Å²) in [6, 6.07) is 3.96. The number of hydrogen-bond acceptors (Lipinski definition) is 5. The topological polar surface area (TPSA) is 86.3 Å². The fourth-order valence-electron chi connectivity index (χ4n) is 6.99. The number of amides is 1. The number of aromatic nitrogens is 1. The van der Waals surface area contributed by atoms with Gasteiger partial charge in [0.1, 0.15) is 5.76 Å². The predicted octanol–water partition coefficient (Wildman–Crippen LogP) is 4.82. The Balaban J connectivity index is 1.26. The molecule has 2 heterocycles. The van der Waals surface area contributed by atoms with Gasteiger partial charge in [0.2, 0.25) is 5.91 Å². The predicted molar refractivity (Wildman–Crippen MR) is 136 cm³/mol. The minimum atomic E-state index is -0.209. The summed E-state index contributed by atoms with van der Waals surface area (Å²) in [5.41, 5.74) is 17.6. The molecule has 35 heavy (non-hydrogen) atoms. The van der Waals surface area contributed by atoms with E-state index in [9.17, 15) is 9.90 Å².